The highest BCUT2D eigenvalue weighted by Gasteiger charge is 2.23. The summed E-state index contributed by atoms with van der Waals surface area (Å²) in [7, 11) is 0. The summed E-state index contributed by atoms with van der Waals surface area (Å²) in [5, 5.41) is 0. The fraction of sp³-hybridized carbons (Fsp3) is 0.471. The third kappa shape index (κ3) is 3.41. The van der Waals surface area contributed by atoms with E-state index in [1.807, 2.05) is 12.4 Å². The van der Waals surface area contributed by atoms with E-state index in [-0.39, 0.29) is 10.8 Å². The number of hydrogen-bond donors (Lipinski definition) is 0. The Kier molecular flexibility index (Phi) is 3.89. The summed E-state index contributed by atoms with van der Waals surface area (Å²) in [6.07, 6.45) is 6.23. The van der Waals surface area contributed by atoms with Crippen molar-refractivity contribution >= 4 is 0 Å². The second-order valence-electron chi connectivity index (χ2n) is 6.95. The van der Waals surface area contributed by atoms with Gasteiger partial charge in [0.1, 0.15) is 6.33 Å². The Bertz CT molecular complexity index is 568. The quantitative estimate of drug-likeness (QED) is 0.853. The number of aromatic nitrogens is 3. The maximum atomic E-state index is 4.81. The van der Waals surface area contributed by atoms with Crippen LogP contribution in [0, 0.1) is 0 Å². The fourth-order valence-corrected chi connectivity index (χ4v) is 2.20. The molecule has 0 aliphatic rings. The Labute approximate surface area is 121 Å². The molecule has 3 heteroatoms. The van der Waals surface area contributed by atoms with E-state index in [0.29, 0.717) is 0 Å². The summed E-state index contributed by atoms with van der Waals surface area (Å²) >= 11 is 0. The highest BCUT2D eigenvalue weighted by atomic mass is 14.8. The van der Waals surface area contributed by atoms with Gasteiger partial charge >= 0.3 is 0 Å². The zero-order valence-electron chi connectivity index (χ0n) is 13.0. The first-order valence-electron chi connectivity index (χ1n) is 7.01. The number of nitrogens with zero attached hydrogens (tertiary/aromatic N) is 3. The van der Waals surface area contributed by atoms with Crippen molar-refractivity contribution < 1.29 is 0 Å². The topological polar surface area (TPSA) is 38.7 Å². The Morgan fingerprint density at radius 2 is 1.60 bits per heavy atom. The second kappa shape index (κ2) is 5.31. The van der Waals surface area contributed by atoms with Crippen molar-refractivity contribution in [3.63, 3.8) is 0 Å². The molecule has 0 aromatic carbocycles. The van der Waals surface area contributed by atoms with Gasteiger partial charge in [-0.1, -0.05) is 40.7 Å². The first kappa shape index (κ1) is 14.6. The standard InChI is InChI=1S/C17H23N3/c1-16(2,3)15-8-6-7-14(20-15)9-17(4,5)13-10-18-12-19-11-13/h6-8,10-12H,9H2,1-5H3. The van der Waals surface area contributed by atoms with Gasteiger partial charge in [0.2, 0.25) is 0 Å². The molecule has 0 aliphatic heterocycles. The molecular formula is C17H23N3. The molecule has 2 rings (SSSR count). The monoisotopic (exact) mass is 269 g/mol. The Balaban J connectivity index is 2.26. The van der Waals surface area contributed by atoms with Gasteiger partial charge < -0.3 is 0 Å². The highest BCUT2D eigenvalue weighted by molar-refractivity contribution is 5.23. The smallest absolute Gasteiger partial charge is 0.115 e. The molecular weight excluding hydrogens is 246 g/mol. The van der Waals surface area contributed by atoms with E-state index in [2.05, 4.69) is 62.8 Å². The van der Waals surface area contributed by atoms with Crippen molar-refractivity contribution in [1.82, 2.24) is 15.0 Å². The van der Waals surface area contributed by atoms with Crippen molar-refractivity contribution in [2.45, 2.75) is 51.9 Å². The van der Waals surface area contributed by atoms with E-state index in [0.717, 1.165) is 23.4 Å². The lowest BCUT2D eigenvalue weighted by Gasteiger charge is -2.25. The second-order valence-corrected chi connectivity index (χ2v) is 6.95. The van der Waals surface area contributed by atoms with E-state index in [1.165, 1.54) is 0 Å². The molecule has 2 aromatic rings. The van der Waals surface area contributed by atoms with E-state index in [1.54, 1.807) is 6.33 Å². The average Bonchev–Trinajstić information content (AvgIpc) is 2.38. The molecule has 20 heavy (non-hydrogen) atoms. The molecule has 2 heterocycles. The zero-order chi connectivity index (χ0) is 14.8. The molecule has 0 radical (unpaired) electrons. The van der Waals surface area contributed by atoms with Crippen LogP contribution in [0.15, 0.2) is 36.9 Å². The van der Waals surface area contributed by atoms with Crippen molar-refractivity contribution in [3.05, 3.63) is 53.9 Å². The van der Waals surface area contributed by atoms with Gasteiger partial charge in [-0.3, -0.25) is 4.98 Å². The van der Waals surface area contributed by atoms with Crippen LogP contribution in [-0.4, -0.2) is 15.0 Å². The minimum atomic E-state index is -0.0230. The first-order valence-corrected chi connectivity index (χ1v) is 7.01. The summed E-state index contributed by atoms with van der Waals surface area (Å²) in [6, 6.07) is 6.30. The SMILES string of the molecule is CC(C)(C)c1cccc(CC(C)(C)c2cncnc2)n1. The predicted molar refractivity (Wildman–Crippen MR) is 81.7 cm³/mol. The third-order valence-electron chi connectivity index (χ3n) is 3.54. The molecule has 0 bridgehead atoms. The van der Waals surface area contributed by atoms with Gasteiger partial charge in [0.05, 0.1) is 0 Å². The third-order valence-corrected chi connectivity index (χ3v) is 3.54. The van der Waals surface area contributed by atoms with Crippen LogP contribution in [0.4, 0.5) is 0 Å². The molecule has 0 unspecified atom stereocenters. The average molecular weight is 269 g/mol. The maximum absolute atomic E-state index is 4.81. The normalized spacial score (nSPS) is 12.4. The van der Waals surface area contributed by atoms with E-state index < -0.39 is 0 Å². The van der Waals surface area contributed by atoms with Crippen LogP contribution in [0.2, 0.25) is 0 Å². The molecule has 3 nitrogen and oxygen atoms in total. The van der Waals surface area contributed by atoms with E-state index in [9.17, 15) is 0 Å². The first-order chi connectivity index (χ1) is 9.29. The van der Waals surface area contributed by atoms with Gasteiger partial charge in [-0.2, -0.15) is 0 Å². The minimum absolute atomic E-state index is 0.0230. The molecule has 2 aromatic heterocycles. The van der Waals surface area contributed by atoms with Gasteiger partial charge in [-0.25, -0.2) is 9.97 Å². The summed E-state index contributed by atoms with van der Waals surface area (Å²) in [5.41, 5.74) is 3.45. The zero-order valence-corrected chi connectivity index (χ0v) is 13.0. The van der Waals surface area contributed by atoms with Crippen LogP contribution in [0.5, 0.6) is 0 Å². The van der Waals surface area contributed by atoms with Crippen LogP contribution < -0.4 is 0 Å². The summed E-state index contributed by atoms with van der Waals surface area (Å²) < 4.78 is 0. The molecule has 0 N–H and O–H groups in total. The molecule has 0 aliphatic carbocycles. The van der Waals surface area contributed by atoms with Gasteiger partial charge in [-0.15, -0.1) is 0 Å². The van der Waals surface area contributed by atoms with Crippen LogP contribution in [0.3, 0.4) is 0 Å². The molecule has 0 amide bonds. The Hall–Kier alpha value is -1.77. The van der Waals surface area contributed by atoms with Gasteiger partial charge in [0.25, 0.3) is 0 Å². The molecule has 0 saturated carbocycles. The molecule has 0 saturated heterocycles. The minimum Gasteiger partial charge on any atom is -0.257 e. The van der Waals surface area contributed by atoms with Crippen LogP contribution in [-0.2, 0) is 17.3 Å². The van der Waals surface area contributed by atoms with Crippen molar-refractivity contribution in [3.8, 4) is 0 Å². The van der Waals surface area contributed by atoms with Crippen LogP contribution in [0.25, 0.3) is 0 Å². The number of hydrogen-bond acceptors (Lipinski definition) is 3. The van der Waals surface area contributed by atoms with Gasteiger partial charge in [0, 0.05) is 29.2 Å². The fourth-order valence-electron chi connectivity index (χ4n) is 2.20. The Morgan fingerprint density at radius 1 is 0.950 bits per heavy atom. The van der Waals surface area contributed by atoms with Crippen molar-refractivity contribution in [2.24, 2.45) is 0 Å². The molecule has 0 atom stereocenters. The maximum Gasteiger partial charge on any atom is 0.115 e. The number of pyridine rings is 1. The number of rotatable bonds is 3. The highest BCUT2D eigenvalue weighted by Crippen LogP contribution is 2.27. The summed E-state index contributed by atoms with van der Waals surface area (Å²) in [4.78, 5) is 13.0. The lowest BCUT2D eigenvalue weighted by Crippen LogP contribution is -2.23. The van der Waals surface area contributed by atoms with Crippen LogP contribution >= 0.6 is 0 Å². The van der Waals surface area contributed by atoms with Crippen molar-refractivity contribution in [2.75, 3.05) is 0 Å². The lowest BCUT2D eigenvalue weighted by molar-refractivity contribution is 0.503. The van der Waals surface area contributed by atoms with E-state index >= 15 is 0 Å². The van der Waals surface area contributed by atoms with Crippen LogP contribution in [0.1, 0.15) is 51.6 Å². The van der Waals surface area contributed by atoms with E-state index in [4.69, 9.17) is 4.98 Å². The summed E-state index contributed by atoms with van der Waals surface area (Å²) in [5.74, 6) is 0. The van der Waals surface area contributed by atoms with Gasteiger partial charge in [-0.05, 0) is 29.5 Å². The molecule has 0 spiro atoms. The largest absolute Gasteiger partial charge is 0.257 e. The Morgan fingerprint density at radius 3 is 2.20 bits per heavy atom. The summed E-state index contributed by atoms with van der Waals surface area (Å²) in [6.45, 7) is 11.0. The molecule has 106 valence electrons. The van der Waals surface area contributed by atoms with Crippen molar-refractivity contribution in [1.29, 1.82) is 0 Å². The lowest BCUT2D eigenvalue weighted by atomic mass is 9.81. The predicted octanol–water partition coefficient (Wildman–Crippen LogP) is 3.69. The molecule has 0 fully saturated rings. The van der Waals surface area contributed by atoms with Gasteiger partial charge in [0.15, 0.2) is 0 Å².